The second-order valence-corrected chi connectivity index (χ2v) is 5.15. The fourth-order valence-electron chi connectivity index (χ4n) is 2.73. The predicted octanol–water partition coefficient (Wildman–Crippen LogP) is 3.02. The fraction of sp³-hybridized carbons (Fsp3) is 0.111. The van der Waals surface area contributed by atoms with Crippen LogP contribution in [0.1, 0.15) is 27.5 Å². The highest BCUT2D eigenvalue weighted by Crippen LogP contribution is 2.35. The van der Waals surface area contributed by atoms with Crippen molar-refractivity contribution in [3.05, 3.63) is 83.4 Å². The Hall–Kier alpha value is -2.88. The van der Waals surface area contributed by atoms with E-state index in [1.165, 1.54) is 0 Å². The van der Waals surface area contributed by atoms with Gasteiger partial charge >= 0.3 is 5.97 Å². The SMILES string of the molecule is O=C(O)C=CC1c2ccccc2C(=O)N1Cc1ccccc1. The van der Waals surface area contributed by atoms with E-state index < -0.39 is 5.97 Å². The average Bonchev–Trinajstić information content (AvgIpc) is 2.79. The minimum Gasteiger partial charge on any atom is -0.478 e. The number of carboxylic acid groups (broad SMARTS) is 1. The van der Waals surface area contributed by atoms with Crippen LogP contribution in [-0.4, -0.2) is 21.9 Å². The first-order valence-electron chi connectivity index (χ1n) is 7.02. The Bertz CT molecular complexity index is 737. The van der Waals surface area contributed by atoms with Gasteiger partial charge in [0.25, 0.3) is 5.91 Å². The number of aliphatic carboxylic acids is 1. The number of hydrogen-bond donors (Lipinski definition) is 1. The molecule has 4 nitrogen and oxygen atoms in total. The van der Waals surface area contributed by atoms with E-state index in [0.29, 0.717) is 12.1 Å². The Morgan fingerprint density at radius 1 is 1.09 bits per heavy atom. The number of carboxylic acids is 1. The van der Waals surface area contributed by atoms with Crippen molar-refractivity contribution in [2.24, 2.45) is 0 Å². The van der Waals surface area contributed by atoms with Crippen LogP contribution in [-0.2, 0) is 11.3 Å². The van der Waals surface area contributed by atoms with E-state index in [1.807, 2.05) is 48.5 Å². The van der Waals surface area contributed by atoms with Crippen molar-refractivity contribution in [2.45, 2.75) is 12.6 Å². The minimum absolute atomic E-state index is 0.0699. The molecule has 1 unspecified atom stereocenters. The van der Waals surface area contributed by atoms with Crippen molar-refractivity contribution in [3.8, 4) is 0 Å². The Morgan fingerprint density at radius 2 is 1.77 bits per heavy atom. The van der Waals surface area contributed by atoms with E-state index in [0.717, 1.165) is 17.2 Å². The Balaban J connectivity index is 1.97. The summed E-state index contributed by atoms with van der Waals surface area (Å²) in [6.07, 6.45) is 2.66. The van der Waals surface area contributed by atoms with Gasteiger partial charge in [0.1, 0.15) is 0 Å². The van der Waals surface area contributed by atoms with Crippen molar-refractivity contribution >= 4 is 11.9 Å². The highest BCUT2D eigenvalue weighted by atomic mass is 16.4. The lowest BCUT2D eigenvalue weighted by molar-refractivity contribution is -0.131. The van der Waals surface area contributed by atoms with Gasteiger partial charge in [-0.3, -0.25) is 4.79 Å². The Kier molecular flexibility index (Phi) is 3.74. The van der Waals surface area contributed by atoms with Crippen LogP contribution < -0.4 is 0 Å². The van der Waals surface area contributed by atoms with Crippen LogP contribution in [0.3, 0.4) is 0 Å². The van der Waals surface area contributed by atoms with Crippen LogP contribution in [0.4, 0.5) is 0 Å². The molecule has 0 bridgehead atoms. The number of carbonyl (C=O) groups excluding carboxylic acids is 1. The molecule has 0 saturated heterocycles. The van der Waals surface area contributed by atoms with Gasteiger partial charge in [0.15, 0.2) is 0 Å². The van der Waals surface area contributed by atoms with Gasteiger partial charge < -0.3 is 10.0 Å². The number of hydrogen-bond acceptors (Lipinski definition) is 2. The van der Waals surface area contributed by atoms with Gasteiger partial charge in [-0.15, -0.1) is 0 Å². The van der Waals surface area contributed by atoms with Crippen molar-refractivity contribution in [2.75, 3.05) is 0 Å². The molecule has 1 aliphatic heterocycles. The molecule has 1 amide bonds. The molecule has 0 aliphatic carbocycles. The number of carbonyl (C=O) groups is 2. The molecular formula is C18H15NO3. The number of rotatable bonds is 4. The summed E-state index contributed by atoms with van der Waals surface area (Å²) in [4.78, 5) is 25.1. The number of nitrogens with zero attached hydrogens (tertiary/aromatic N) is 1. The molecule has 1 atom stereocenters. The summed E-state index contributed by atoms with van der Waals surface area (Å²) in [5.74, 6) is -1.09. The molecule has 1 aliphatic rings. The molecule has 110 valence electrons. The molecule has 1 heterocycles. The van der Waals surface area contributed by atoms with Crippen molar-refractivity contribution < 1.29 is 14.7 Å². The molecular weight excluding hydrogens is 278 g/mol. The summed E-state index contributed by atoms with van der Waals surface area (Å²) in [6.45, 7) is 0.447. The number of benzene rings is 2. The van der Waals surface area contributed by atoms with Gasteiger partial charge in [-0.05, 0) is 17.2 Å². The van der Waals surface area contributed by atoms with Crippen LogP contribution in [0.2, 0.25) is 0 Å². The summed E-state index contributed by atoms with van der Waals surface area (Å²) in [7, 11) is 0. The standard InChI is InChI=1S/C18H15NO3/c20-17(21)11-10-16-14-8-4-5-9-15(14)18(22)19(16)12-13-6-2-1-3-7-13/h1-11,16H,12H2,(H,20,21). The first-order chi connectivity index (χ1) is 10.7. The number of fused-ring (bicyclic) bond motifs is 1. The third-order valence-corrected chi connectivity index (χ3v) is 3.72. The van der Waals surface area contributed by atoms with Crippen LogP contribution in [0.25, 0.3) is 0 Å². The van der Waals surface area contributed by atoms with Crippen LogP contribution in [0.5, 0.6) is 0 Å². The topological polar surface area (TPSA) is 57.6 Å². The molecule has 1 N–H and O–H groups in total. The third-order valence-electron chi connectivity index (χ3n) is 3.72. The summed E-state index contributed by atoms with van der Waals surface area (Å²) in [6, 6.07) is 16.7. The van der Waals surface area contributed by atoms with Gasteiger partial charge in [-0.2, -0.15) is 0 Å². The first-order valence-corrected chi connectivity index (χ1v) is 7.02. The molecule has 0 radical (unpaired) electrons. The molecule has 2 aromatic carbocycles. The molecule has 0 fully saturated rings. The largest absolute Gasteiger partial charge is 0.478 e. The Labute approximate surface area is 128 Å². The van der Waals surface area contributed by atoms with Crippen molar-refractivity contribution in [1.29, 1.82) is 0 Å². The average molecular weight is 293 g/mol. The monoisotopic (exact) mass is 293 g/mol. The lowest BCUT2D eigenvalue weighted by Crippen LogP contribution is -2.26. The summed E-state index contributed by atoms with van der Waals surface area (Å²) in [5.41, 5.74) is 2.50. The molecule has 0 saturated carbocycles. The highest BCUT2D eigenvalue weighted by molar-refractivity contribution is 5.99. The molecule has 4 heteroatoms. The molecule has 0 aromatic heterocycles. The molecule has 0 spiro atoms. The first kappa shape index (κ1) is 14.1. The van der Waals surface area contributed by atoms with E-state index in [9.17, 15) is 9.59 Å². The maximum atomic E-state index is 12.6. The Morgan fingerprint density at radius 3 is 2.50 bits per heavy atom. The van der Waals surface area contributed by atoms with Crippen molar-refractivity contribution in [3.63, 3.8) is 0 Å². The molecule has 2 aromatic rings. The van der Waals surface area contributed by atoms with Gasteiger partial charge in [-0.25, -0.2) is 4.79 Å². The maximum Gasteiger partial charge on any atom is 0.328 e. The van der Waals surface area contributed by atoms with E-state index in [-0.39, 0.29) is 11.9 Å². The predicted molar refractivity (Wildman–Crippen MR) is 82.3 cm³/mol. The number of amides is 1. The van der Waals surface area contributed by atoms with E-state index >= 15 is 0 Å². The third kappa shape index (κ3) is 2.63. The lowest BCUT2D eigenvalue weighted by atomic mass is 10.0. The normalized spacial score (nSPS) is 17.0. The zero-order valence-corrected chi connectivity index (χ0v) is 11.8. The molecule has 22 heavy (non-hydrogen) atoms. The zero-order chi connectivity index (χ0) is 15.5. The summed E-state index contributed by atoms with van der Waals surface area (Å²) >= 11 is 0. The molecule has 3 rings (SSSR count). The van der Waals surface area contributed by atoms with Crippen molar-refractivity contribution in [1.82, 2.24) is 4.90 Å². The van der Waals surface area contributed by atoms with Gasteiger partial charge in [0.05, 0.1) is 6.04 Å². The maximum absolute atomic E-state index is 12.6. The van der Waals surface area contributed by atoms with E-state index in [4.69, 9.17) is 5.11 Å². The smallest absolute Gasteiger partial charge is 0.328 e. The fourth-order valence-corrected chi connectivity index (χ4v) is 2.73. The summed E-state index contributed by atoms with van der Waals surface area (Å²) < 4.78 is 0. The second kappa shape index (κ2) is 5.85. The van der Waals surface area contributed by atoms with E-state index in [1.54, 1.807) is 17.0 Å². The highest BCUT2D eigenvalue weighted by Gasteiger charge is 2.34. The lowest BCUT2D eigenvalue weighted by Gasteiger charge is -2.23. The van der Waals surface area contributed by atoms with Gasteiger partial charge in [0.2, 0.25) is 0 Å². The van der Waals surface area contributed by atoms with Crippen LogP contribution >= 0.6 is 0 Å². The second-order valence-electron chi connectivity index (χ2n) is 5.15. The van der Waals surface area contributed by atoms with Crippen LogP contribution in [0.15, 0.2) is 66.7 Å². The zero-order valence-electron chi connectivity index (χ0n) is 11.8. The minimum atomic E-state index is -1.02. The quantitative estimate of drug-likeness (QED) is 0.882. The van der Waals surface area contributed by atoms with Crippen LogP contribution in [0, 0.1) is 0 Å². The van der Waals surface area contributed by atoms with Gasteiger partial charge in [0, 0.05) is 18.2 Å². The summed E-state index contributed by atoms with van der Waals surface area (Å²) in [5, 5.41) is 8.87. The van der Waals surface area contributed by atoms with Gasteiger partial charge in [-0.1, -0.05) is 54.6 Å². The van der Waals surface area contributed by atoms with E-state index in [2.05, 4.69) is 0 Å².